The maximum atomic E-state index is 9.76. The van der Waals surface area contributed by atoms with E-state index in [1.807, 2.05) is 0 Å². The SMILES string of the molecule is O[C@H]1CCC[C@@H]1NC1CCN(C2CC2)C1. The number of likely N-dealkylation sites (tertiary alicyclic amines) is 1. The lowest BCUT2D eigenvalue weighted by atomic mass is 10.1. The topological polar surface area (TPSA) is 35.5 Å². The Balaban J connectivity index is 1.47. The fourth-order valence-electron chi connectivity index (χ4n) is 3.13. The van der Waals surface area contributed by atoms with Crippen molar-refractivity contribution in [1.29, 1.82) is 0 Å². The van der Waals surface area contributed by atoms with Crippen molar-refractivity contribution in [2.45, 2.75) is 62.8 Å². The number of rotatable bonds is 3. The first-order valence-corrected chi connectivity index (χ1v) is 6.51. The molecule has 1 aliphatic heterocycles. The van der Waals surface area contributed by atoms with E-state index in [1.54, 1.807) is 0 Å². The molecule has 3 aliphatic rings. The highest BCUT2D eigenvalue weighted by atomic mass is 16.3. The molecular weight excluding hydrogens is 188 g/mol. The van der Waals surface area contributed by atoms with Crippen LogP contribution in [0.15, 0.2) is 0 Å². The van der Waals surface area contributed by atoms with Gasteiger partial charge >= 0.3 is 0 Å². The molecule has 0 aromatic carbocycles. The van der Waals surface area contributed by atoms with Crippen molar-refractivity contribution >= 4 is 0 Å². The van der Waals surface area contributed by atoms with Crippen molar-refractivity contribution in [3.63, 3.8) is 0 Å². The number of nitrogens with one attached hydrogen (secondary N) is 1. The van der Waals surface area contributed by atoms with E-state index < -0.39 is 0 Å². The third-order valence-electron chi connectivity index (χ3n) is 4.21. The number of hydrogen-bond donors (Lipinski definition) is 2. The van der Waals surface area contributed by atoms with Crippen LogP contribution >= 0.6 is 0 Å². The van der Waals surface area contributed by atoms with Gasteiger partial charge in [-0.05, 0) is 38.5 Å². The molecule has 3 rings (SSSR count). The molecule has 2 N–H and O–H groups in total. The van der Waals surface area contributed by atoms with Gasteiger partial charge in [-0.15, -0.1) is 0 Å². The van der Waals surface area contributed by atoms with E-state index in [1.165, 1.54) is 45.2 Å². The Morgan fingerprint density at radius 1 is 1.07 bits per heavy atom. The first-order chi connectivity index (χ1) is 7.33. The summed E-state index contributed by atoms with van der Waals surface area (Å²) in [5, 5.41) is 13.4. The average molecular weight is 210 g/mol. The fourth-order valence-corrected chi connectivity index (χ4v) is 3.13. The third-order valence-corrected chi connectivity index (χ3v) is 4.21. The van der Waals surface area contributed by atoms with Crippen LogP contribution in [-0.2, 0) is 0 Å². The summed E-state index contributed by atoms with van der Waals surface area (Å²) in [6, 6.07) is 1.93. The smallest absolute Gasteiger partial charge is 0.0693 e. The first kappa shape index (κ1) is 10.1. The zero-order valence-electron chi connectivity index (χ0n) is 9.36. The van der Waals surface area contributed by atoms with Gasteiger partial charge in [0.05, 0.1) is 6.10 Å². The molecule has 1 saturated heterocycles. The van der Waals surface area contributed by atoms with Crippen LogP contribution in [0.3, 0.4) is 0 Å². The third kappa shape index (κ3) is 2.19. The van der Waals surface area contributed by atoms with Crippen LogP contribution in [-0.4, -0.2) is 47.3 Å². The molecule has 0 amide bonds. The molecule has 0 aromatic heterocycles. The van der Waals surface area contributed by atoms with Crippen LogP contribution in [0.25, 0.3) is 0 Å². The van der Waals surface area contributed by atoms with Gasteiger partial charge in [-0.2, -0.15) is 0 Å². The first-order valence-electron chi connectivity index (χ1n) is 6.51. The molecule has 2 aliphatic carbocycles. The lowest BCUT2D eigenvalue weighted by molar-refractivity contribution is 0.142. The minimum atomic E-state index is -0.0834. The van der Waals surface area contributed by atoms with Gasteiger partial charge in [-0.1, -0.05) is 0 Å². The van der Waals surface area contributed by atoms with Gasteiger partial charge in [0.2, 0.25) is 0 Å². The van der Waals surface area contributed by atoms with Gasteiger partial charge in [-0.3, -0.25) is 4.90 Å². The van der Waals surface area contributed by atoms with Crippen molar-refractivity contribution < 1.29 is 5.11 Å². The van der Waals surface area contributed by atoms with Crippen LogP contribution in [0, 0.1) is 0 Å². The zero-order valence-corrected chi connectivity index (χ0v) is 9.36. The molecule has 3 atom stereocenters. The molecule has 0 radical (unpaired) electrons. The Kier molecular flexibility index (Phi) is 2.71. The molecule has 0 spiro atoms. The predicted octanol–water partition coefficient (Wildman–Crippen LogP) is 0.726. The second kappa shape index (κ2) is 4.04. The van der Waals surface area contributed by atoms with Crippen molar-refractivity contribution in [3.8, 4) is 0 Å². The maximum absolute atomic E-state index is 9.76. The van der Waals surface area contributed by atoms with Gasteiger partial charge < -0.3 is 10.4 Å². The van der Waals surface area contributed by atoms with Crippen LogP contribution in [0.4, 0.5) is 0 Å². The molecular formula is C12H22N2O. The summed E-state index contributed by atoms with van der Waals surface area (Å²) in [5.74, 6) is 0. The summed E-state index contributed by atoms with van der Waals surface area (Å²) in [6.45, 7) is 2.49. The summed E-state index contributed by atoms with van der Waals surface area (Å²) in [4.78, 5) is 2.62. The maximum Gasteiger partial charge on any atom is 0.0693 e. The number of hydrogen-bond acceptors (Lipinski definition) is 3. The molecule has 1 unspecified atom stereocenters. The largest absolute Gasteiger partial charge is 0.392 e. The second-order valence-electron chi connectivity index (χ2n) is 5.48. The van der Waals surface area contributed by atoms with Crippen LogP contribution in [0.5, 0.6) is 0 Å². The van der Waals surface area contributed by atoms with Gasteiger partial charge in [0.15, 0.2) is 0 Å². The summed E-state index contributed by atoms with van der Waals surface area (Å²) in [7, 11) is 0. The molecule has 0 aromatic rings. The molecule has 3 nitrogen and oxygen atoms in total. The molecule has 0 bridgehead atoms. The standard InChI is InChI=1S/C12H22N2O/c15-12-3-1-2-11(12)13-9-6-7-14(8-9)10-4-5-10/h9-13,15H,1-8H2/t9?,11-,12-/m0/s1. The van der Waals surface area contributed by atoms with Crippen LogP contribution in [0.2, 0.25) is 0 Å². The average Bonchev–Trinajstić information content (AvgIpc) is 2.86. The van der Waals surface area contributed by atoms with Crippen LogP contribution in [0.1, 0.15) is 38.5 Å². The molecule has 1 heterocycles. The minimum Gasteiger partial charge on any atom is -0.392 e. The van der Waals surface area contributed by atoms with Gasteiger partial charge in [0.1, 0.15) is 0 Å². The summed E-state index contributed by atoms with van der Waals surface area (Å²) in [6.07, 6.45) is 7.38. The highest BCUT2D eigenvalue weighted by Gasteiger charge is 2.36. The zero-order chi connectivity index (χ0) is 10.3. The van der Waals surface area contributed by atoms with Gasteiger partial charge in [-0.25, -0.2) is 0 Å². The van der Waals surface area contributed by atoms with Crippen molar-refractivity contribution in [3.05, 3.63) is 0 Å². The molecule has 2 saturated carbocycles. The highest BCUT2D eigenvalue weighted by molar-refractivity contribution is 4.94. The Labute approximate surface area is 91.8 Å². The number of aliphatic hydroxyl groups excluding tert-OH is 1. The van der Waals surface area contributed by atoms with Gasteiger partial charge in [0.25, 0.3) is 0 Å². The van der Waals surface area contributed by atoms with Gasteiger partial charge in [0, 0.05) is 31.2 Å². The summed E-state index contributed by atoms with van der Waals surface area (Å²) < 4.78 is 0. The summed E-state index contributed by atoms with van der Waals surface area (Å²) >= 11 is 0. The van der Waals surface area contributed by atoms with E-state index in [9.17, 15) is 5.11 Å². The van der Waals surface area contributed by atoms with E-state index in [0.29, 0.717) is 12.1 Å². The number of aliphatic hydroxyl groups is 1. The van der Waals surface area contributed by atoms with E-state index in [2.05, 4.69) is 10.2 Å². The monoisotopic (exact) mass is 210 g/mol. The van der Waals surface area contributed by atoms with Crippen molar-refractivity contribution in [2.75, 3.05) is 13.1 Å². The molecule has 3 fully saturated rings. The Morgan fingerprint density at radius 3 is 2.60 bits per heavy atom. The molecule has 3 heteroatoms. The predicted molar refractivity (Wildman–Crippen MR) is 59.8 cm³/mol. The fraction of sp³-hybridized carbons (Fsp3) is 1.00. The quantitative estimate of drug-likeness (QED) is 0.721. The highest BCUT2D eigenvalue weighted by Crippen LogP contribution is 2.30. The lowest BCUT2D eigenvalue weighted by Crippen LogP contribution is -2.44. The summed E-state index contributed by atoms with van der Waals surface area (Å²) in [5.41, 5.74) is 0. The minimum absolute atomic E-state index is 0.0834. The molecule has 86 valence electrons. The second-order valence-corrected chi connectivity index (χ2v) is 5.48. The number of nitrogens with zero attached hydrogens (tertiary/aromatic N) is 1. The van der Waals surface area contributed by atoms with E-state index in [0.717, 1.165) is 12.5 Å². The Morgan fingerprint density at radius 2 is 1.93 bits per heavy atom. The van der Waals surface area contributed by atoms with Crippen molar-refractivity contribution in [1.82, 2.24) is 10.2 Å². The van der Waals surface area contributed by atoms with E-state index in [4.69, 9.17) is 0 Å². The van der Waals surface area contributed by atoms with E-state index >= 15 is 0 Å². The van der Waals surface area contributed by atoms with E-state index in [-0.39, 0.29) is 6.10 Å². The Bertz CT molecular complexity index is 230. The van der Waals surface area contributed by atoms with Crippen LogP contribution < -0.4 is 5.32 Å². The lowest BCUT2D eigenvalue weighted by Gasteiger charge is -2.22. The van der Waals surface area contributed by atoms with Crippen molar-refractivity contribution in [2.24, 2.45) is 0 Å². The molecule has 15 heavy (non-hydrogen) atoms. The Hall–Kier alpha value is -0.120. The normalized spacial score (nSPS) is 42.6.